The fourth-order valence-corrected chi connectivity index (χ4v) is 14.7. The summed E-state index contributed by atoms with van der Waals surface area (Å²) >= 11 is 0. The Labute approximate surface area is 524 Å². The van der Waals surface area contributed by atoms with Crippen LogP contribution in [0.25, 0.3) is 0 Å². The number of allylic oxidation sites excluding steroid dienone is 12. The minimum absolute atomic E-state index is 0.201. The standard InChI is InChI=1S/C61H70N4O24S2/c1-9-36(5)62-46(66)40(47(67)63(37(6)10-2)90(62,78)79)22-16-13-18-24-42-50(70)82-58(83-51(42)71)28-32-60(33-29-58)86-54(74)44(55(75)87-60)26-20-15-21-27-45-56(76)88-61(89-57(45)77)34-30-59(31-35-61)84-52(72)43(53(73)85-59)25-19-14-17-23-41-48(68)64(38(7)11-3)91(80,81)65(49(41)69)39(8)12-4/h13-27,36-39,66,68,74H,9-12,28-35H2,1-8H3/b18-13+,19-14?,21-15+,22-16+,23-17?,26-20+,42-24?,43-25?,45-27?. The van der Waals surface area contributed by atoms with Gasteiger partial charge >= 0.3 is 62.2 Å². The number of carbonyl (C=O) groups is 9. The van der Waals surface area contributed by atoms with Gasteiger partial charge in [-0.1, -0.05) is 82.4 Å². The predicted octanol–water partition coefficient (Wildman–Crippen LogP) is 6.19. The summed E-state index contributed by atoms with van der Waals surface area (Å²) < 4.78 is 101. The number of rotatable bonds is 17. The van der Waals surface area contributed by atoms with Gasteiger partial charge in [-0.15, -0.1) is 0 Å². The molecule has 4 spiro atoms. The molecule has 91 heavy (non-hydrogen) atoms. The molecule has 8 rings (SSSR count). The van der Waals surface area contributed by atoms with Crippen molar-refractivity contribution in [2.75, 3.05) is 0 Å². The smallest absolute Gasteiger partial charge is 0.348 e. The molecule has 4 unspecified atom stereocenters. The summed E-state index contributed by atoms with van der Waals surface area (Å²) in [5.74, 6) is -18.6. The zero-order valence-corrected chi connectivity index (χ0v) is 52.6. The lowest BCUT2D eigenvalue weighted by Crippen LogP contribution is -2.56. The Balaban J connectivity index is 0.807. The van der Waals surface area contributed by atoms with Gasteiger partial charge in [0.05, 0.1) is 0 Å². The van der Waals surface area contributed by atoms with E-state index in [2.05, 4.69) is 0 Å². The van der Waals surface area contributed by atoms with Crippen molar-refractivity contribution >= 4 is 74.0 Å². The number of ether oxygens (including phenoxy) is 8. The van der Waals surface area contributed by atoms with Crippen molar-refractivity contribution in [2.24, 2.45) is 0 Å². The van der Waals surface area contributed by atoms with Crippen molar-refractivity contribution in [1.29, 1.82) is 0 Å². The van der Waals surface area contributed by atoms with Crippen LogP contribution in [0.2, 0.25) is 0 Å². The molecular weight excluding hydrogens is 1240 g/mol. The summed E-state index contributed by atoms with van der Waals surface area (Å²) in [4.78, 5) is 119. The second-order valence-corrected chi connectivity index (χ2v) is 25.8. The molecule has 28 nitrogen and oxygen atoms in total. The lowest BCUT2D eigenvalue weighted by molar-refractivity contribution is -0.297. The van der Waals surface area contributed by atoms with E-state index >= 15 is 0 Å². The van der Waals surface area contributed by atoms with E-state index in [1.54, 1.807) is 55.4 Å². The molecule has 8 aliphatic rings. The molecule has 0 aromatic rings. The molecule has 0 bridgehead atoms. The van der Waals surface area contributed by atoms with Gasteiger partial charge < -0.3 is 53.2 Å². The maximum Gasteiger partial charge on any atom is 0.348 e. The fourth-order valence-electron chi connectivity index (χ4n) is 10.7. The molecule has 0 aromatic heterocycles. The lowest BCUT2D eigenvalue weighted by atomic mass is 9.87. The molecule has 5 fully saturated rings. The van der Waals surface area contributed by atoms with E-state index in [0.29, 0.717) is 25.7 Å². The van der Waals surface area contributed by atoms with Crippen LogP contribution in [0, 0.1) is 0 Å². The number of aliphatic hydroxyl groups excluding tert-OH is 3. The summed E-state index contributed by atoms with van der Waals surface area (Å²) in [5.41, 5.74) is -2.51. The molecule has 0 radical (unpaired) electrons. The highest BCUT2D eigenvalue weighted by molar-refractivity contribution is 7.87. The highest BCUT2D eigenvalue weighted by Gasteiger charge is 2.59. The van der Waals surface area contributed by atoms with E-state index in [1.165, 1.54) is 66.8 Å². The molecule has 30 heteroatoms. The first-order chi connectivity index (χ1) is 42.9. The fraction of sp³-hybridized carbons (Fsp3) is 0.459. The Kier molecular flexibility index (Phi) is 19.6. The quantitative estimate of drug-likeness (QED) is 0.0480. The number of esters is 7. The molecule has 6 heterocycles. The molecular formula is C61H70N4O24S2. The summed E-state index contributed by atoms with van der Waals surface area (Å²) in [6, 6.07) is -2.80. The van der Waals surface area contributed by atoms with Crippen molar-refractivity contribution in [3.05, 3.63) is 142 Å². The number of hydrogen-bond donors (Lipinski definition) is 3. The van der Waals surface area contributed by atoms with Crippen LogP contribution in [0.15, 0.2) is 142 Å². The third kappa shape index (κ3) is 13.2. The summed E-state index contributed by atoms with van der Waals surface area (Å²) in [6.07, 6.45) is 17.9. The molecule has 4 atom stereocenters. The zero-order chi connectivity index (χ0) is 66.8. The average Bonchev–Trinajstić information content (AvgIpc) is 0.791. The van der Waals surface area contributed by atoms with Crippen molar-refractivity contribution < 1.29 is 113 Å². The van der Waals surface area contributed by atoms with Crippen LogP contribution in [0.1, 0.15) is 132 Å². The van der Waals surface area contributed by atoms with Gasteiger partial charge in [0.25, 0.3) is 40.9 Å². The number of aliphatic hydroxyl groups is 3. The average molecular weight is 1310 g/mol. The third-order valence-electron chi connectivity index (χ3n) is 16.5. The minimum Gasteiger partial charge on any atom is -0.493 e. The van der Waals surface area contributed by atoms with Gasteiger partial charge in [-0.25, -0.2) is 50.8 Å². The highest BCUT2D eigenvalue weighted by atomic mass is 32.2. The van der Waals surface area contributed by atoms with Crippen molar-refractivity contribution in [1.82, 2.24) is 17.2 Å². The van der Waals surface area contributed by atoms with E-state index in [-0.39, 0.29) is 62.5 Å². The van der Waals surface area contributed by atoms with E-state index in [9.17, 15) is 75.3 Å². The van der Waals surface area contributed by atoms with Gasteiger partial charge in [0, 0.05) is 75.5 Å². The van der Waals surface area contributed by atoms with Crippen LogP contribution < -0.4 is 0 Å². The lowest BCUT2D eigenvalue weighted by Gasteiger charge is -2.46. The van der Waals surface area contributed by atoms with Gasteiger partial charge in [-0.3, -0.25) is 9.59 Å². The van der Waals surface area contributed by atoms with Gasteiger partial charge in [-0.05, 0) is 89.8 Å². The Hall–Kier alpha value is -9.19. The number of hydrogen-bond acceptors (Lipinski definition) is 24. The van der Waals surface area contributed by atoms with Crippen LogP contribution in [-0.2, 0) is 101 Å². The highest BCUT2D eigenvalue weighted by Crippen LogP contribution is 2.48. The summed E-state index contributed by atoms with van der Waals surface area (Å²) in [5, 5.41) is 32.8. The second-order valence-electron chi connectivity index (χ2n) is 22.5. The Morgan fingerprint density at radius 2 is 0.604 bits per heavy atom. The Morgan fingerprint density at radius 1 is 0.363 bits per heavy atom. The molecule has 2 amide bonds. The van der Waals surface area contributed by atoms with Crippen LogP contribution >= 0.6 is 0 Å². The normalized spacial score (nSPS) is 28.7. The van der Waals surface area contributed by atoms with Crippen LogP contribution in [0.4, 0.5) is 0 Å². The Bertz CT molecular complexity index is 3640. The van der Waals surface area contributed by atoms with E-state index < -0.39 is 161 Å². The van der Waals surface area contributed by atoms with Crippen molar-refractivity contribution in [2.45, 2.75) is 180 Å². The maximum atomic E-state index is 13.4. The van der Waals surface area contributed by atoms with Crippen molar-refractivity contribution in [3.8, 4) is 0 Å². The second kappa shape index (κ2) is 26.3. The third-order valence-corrected chi connectivity index (χ3v) is 20.6. The van der Waals surface area contributed by atoms with Crippen LogP contribution in [0.5, 0.6) is 0 Å². The van der Waals surface area contributed by atoms with Crippen molar-refractivity contribution in [3.63, 3.8) is 0 Å². The molecule has 490 valence electrons. The number of amides is 2. The summed E-state index contributed by atoms with van der Waals surface area (Å²) in [6.45, 7) is 13.2. The zero-order valence-electron chi connectivity index (χ0n) is 51.0. The molecule has 3 saturated heterocycles. The molecule has 3 N–H and O–H groups in total. The first-order valence-electron chi connectivity index (χ1n) is 29.4. The van der Waals surface area contributed by atoms with Gasteiger partial charge in [0.1, 0.15) is 33.4 Å². The van der Waals surface area contributed by atoms with E-state index in [0.717, 1.165) is 41.5 Å². The molecule has 2 aliphatic carbocycles. The Morgan fingerprint density at radius 3 is 0.868 bits per heavy atom. The van der Waals surface area contributed by atoms with Gasteiger partial charge in [-0.2, -0.15) is 16.8 Å². The van der Waals surface area contributed by atoms with Gasteiger partial charge in [0.2, 0.25) is 11.8 Å². The number of carbonyl (C=O) groups excluding carboxylic acids is 9. The first kappa shape index (κ1) is 67.7. The van der Waals surface area contributed by atoms with E-state index in [4.69, 9.17) is 37.9 Å². The first-order valence-corrected chi connectivity index (χ1v) is 32.2. The predicted molar refractivity (Wildman–Crippen MR) is 314 cm³/mol. The SMILES string of the molecule is CCC(C)N1C(=O)C(C=CC=CC=C2C(=O)OC3(CCC4(CC3)OC(=O)C(=C/C=C/C=C/C3=C(O)OC5(CCC6(CC5)OC(=O)C(=C/C=C/C=C/C5=C(O)N(C(C)CC)S(=O)(=O)N(C(C)CC)C5=O)C(=O)O6)OC3=O)C(=O)O4)OC2=O)=C(O)N(C(C)CC)S1(=O)=O. The summed E-state index contributed by atoms with van der Waals surface area (Å²) in [7, 11) is -8.77. The molecule has 2 saturated carbocycles. The molecule has 6 aliphatic heterocycles. The van der Waals surface area contributed by atoms with Gasteiger partial charge in [0.15, 0.2) is 0 Å². The molecule has 0 aromatic carbocycles. The van der Waals surface area contributed by atoms with Crippen LogP contribution in [-0.4, -0.2) is 150 Å². The number of nitrogens with zero attached hydrogens (tertiary/aromatic N) is 4. The van der Waals surface area contributed by atoms with Crippen LogP contribution in [0.3, 0.4) is 0 Å². The topological polar surface area (TPSA) is 369 Å². The maximum absolute atomic E-state index is 13.4. The van der Waals surface area contributed by atoms with E-state index in [1.807, 2.05) is 0 Å². The monoisotopic (exact) mass is 1310 g/mol. The minimum atomic E-state index is -4.39. The largest absolute Gasteiger partial charge is 0.493 e.